The van der Waals surface area contributed by atoms with Gasteiger partial charge in [-0.15, -0.1) is 11.3 Å². The predicted molar refractivity (Wildman–Crippen MR) is 71.7 cm³/mol. The summed E-state index contributed by atoms with van der Waals surface area (Å²) in [4.78, 5) is 5.65. The van der Waals surface area contributed by atoms with Gasteiger partial charge in [-0.05, 0) is 23.6 Å². The molecule has 5 heteroatoms. The molecule has 2 N–H and O–H groups in total. The Morgan fingerprint density at radius 2 is 2.29 bits per heavy atom. The smallest absolute Gasteiger partial charge is 0.155 e. The number of anilines is 1. The first kappa shape index (κ1) is 10.6. The predicted octanol–water partition coefficient (Wildman–Crippen LogP) is 3.22. The minimum absolute atomic E-state index is 0.504. The van der Waals surface area contributed by atoms with Crippen molar-refractivity contribution in [1.82, 2.24) is 9.38 Å². The summed E-state index contributed by atoms with van der Waals surface area (Å²) in [6.45, 7) is 0. The number of halogens is 1. The lowest BCUT2D eigenvalue weighted by Crippen LogP contribution is -1.95. The highest BCUT2D eigenvalue weighted by Crippen LogP contribution is 2.23. The molecule has 3 rings (SSSR count). The van der Waals surface area contributed by atoms with Gasteiger partial charge in [0.2, 0.25) is 0 Å². The number of fused-ring (bicyclic) bond motifs is 1. The van der Waals surface area contributed by atoms with Gasteiger partial charge in [-0.2, -0.15) is 0 Å². The highest BCUT2D eigenvalue weighted by atomic mass is 35.5. The maximum Gasteiger partial charge on any atom is 0.155 e. The van der Waals surface area contributed by atoms with Crippen molar-refractivity contribution >= 4 is 34.1 Å². The van der Waals surface area contributed by atoms with E-state index >= 15 is 0 Å². The average molecular weight is 264 g/mol. The third kappa shape index (κ3) is 1.90. The summed E-state index contributed by atoms with van der Waals surface area (Å²) in [5.41, 5.74) is 7.30. The third-order valence-electron chi connectivity index (χ3n) is 2.61. The first-order valence-electron chi connectivity index (χ1n) is 5.18. The van der Waals surface area contributed by atoms with Crippen molar-refractivity contribution in [1.29, 1.82) is 0 Å². The summed E-state index contributed by atoms with van der Waals surface area (Å²) in [6.07, 6.45) is 2.70. The van der Waals surface area contributed by atoms with Crippen LogP contribution < -0.4 is 5.73 Å². The molecule has 0 aliphatic carbocycles. The molecule has 0 unspecified atom stereocenters. The summed E-state index contributed by atoms with van der Waals surface area (Å²) >= 11 is 7.82. The van der Waals surface area contributed by atoms with Crippen LogP contribution >= 0.6 is 22.9 Å². The van der Waals surface area contributed by atoms with Crippen LogP contribution in [0.4, 0.5) is 5.69 Å². The minimum atomic E-state index is 0.504. The van der Waals surface area contributed by atoms with Crippen LogP contribution in [0, 0.1) is 0 Å². The number of hydrogen-bond acceptors (Lipinski definition) is 3. The van der Waals surface area contributed by atoms with E-state index in [1.165, 1.54) is 4.88 Å². The molecule has 0 aromatic carbocycles. The van der Waals surface area contributed by atoms with E-state index in [1.807, 2.05) is 28.8 Å². The summed E-state index contributed by atoms with van der Waals surface area (Å²) in [5, 5.41) is 2.56. The molecule has 0 spiro atoms. The van der Waals surface area contributed by atoms with E-state index in [4.69, 9.17) is 17.3 Å². The number of hydrogen-bond donors (Lipinski definition) is 1. The molecule has 3 nitrogen and oxygen atoms in total. The first-order valence-corrected chi connectivity index (χ1v) is 6.44. The van der Waals surface area contributed by atoms with Gasteiger partial charge in [-0.25, -0.2) is 4.98 Å². The summed E-state index contributed by atoms with van der Waals surface area (Å²) in [7, 11) is 0. The zero-order valence-corrected chi connectivity index (χ0v) is 10.5. The van der Waals surface area contributed by atoms with Crippen LogP contribution in [0.1, 0.15) is 10.7 Å². The van der Waals surface area contributed by atoms with Crippen LogP contribution in [-0.2, 0) is 6.42 Å². The van der Waals surface area contributed by atoms with E-state index in [2.05, 4.69) is 16.4 Å². The first-order chi connectivity index (χ1) is 8.24. The van der Waals surface area contributed by atoms with Gasteiger partial charge in [-0.3, -0.25) is 0 Å². The van der Waals surface area contributed by atoms with Gasteiger partial charge in [-0.1, -0.05) is 17.7 Å². The topological polar surface area (TPSA) is 43.3 Å². The molecule has 3 aromatic rings. The number of pyridine rings is 1. The SMILES string of the molecule is Nc1ccn2c(Cc3cccs3)nc(Cl)c2c1. The van der Waals surface area contributed by atoms with E-state index in [-0.39, 0.29) is 0 Å². The average Bonchev–Trinajstić information content (AvgIpc) is 2.89. The molecule has 3 aromatic heterocycles. The fourth-order valence-corrected chi connectivity index (χ4v) is 2.76. The lowest BCUT2D eigenvalue weighted by molar-refractivity contribution is 0.974. The fourth-order valence-electron chi connectivity index (χ4n) is 1.82. The van der Waals surface area contributed by atoms with Crippen LogP contribution in [0.25, 0.3) is 5.52 Å². The summed E-state index contributed by atoms with van der Waals surface area (Å²) in [6, 6.07) is 7.82. The Hall–Kier alpha value is -1.52. The van der Waals surface area contributed by atoms with Gasteiger partial charge in [0.05, 0.1) is 5.52 Å². The van der Waals surface area contributed by atoms with Crippen LogP contribution in [0.5, 0.6) is 0 Å². The Balaban J connectivity index is 2.11. The van der Waals surface area contributed by atoms with Crippen LogP contribution in [0.3, 0.4) is 0 Å². The lowest BCUT2D eigenvalue weighted by atomic mass is 10.3. The molecule has 0 atom stereocenters. The van der Waals surface area contributed by atoms with Crippen LogP contribution in [0.15, 0.2) is 35.8 Å². The molecule has 0 radical (unpaired) electrons. The van der Waals surface area contributed by atoms with Gasteiger partial charge in [0, 0.05) is 23.2 Å². The second kappa shape index (κ2) is 4.05. The molecule has 0 saturated heterocycles. The summed E-state index contributed by atoms with van der Waals surface area (Å²) in [5.74, 6) is 0.937. The van der Waals surface area contributed by atoms with Gasteiger partial charge >= 0.3 is 0 Å². The number of imidazole rings is 1. The van der Waals surface area contributed by atoms with Crippen LogP contribution in [-0.4, -0.2) is 9.38 Å². The van der Waals surface area contributed by atoms with Crippen molar-refractivity contribution in [2.24, 2.45) is 0 Å². The van der Waals surface area contributed by atoms with Crippen molar-refractivity contribution < 1.29 is 0 Å². The Morgan fingerprint density at radius 1 is 1.41 bits per heavy atom. The zero-order valence-electron chi connectivity index (χ0n) is 8.93. The quantitative estimate of drug-likeness (QED) is 0.771. The van der Waals surface area contributed by atoms with Crippen molar-refractivity contribution in [2.45, 2.75) is 6.42 Å². The fraction of sp³-hybridized carbons (Fsp3) is 0.0833. The minimum Gasteiger partial charge on any atom is -0.399 e. The number of aromatic nitrogens is 2. The maximum atomic E-state index is 6.11. The van der Waals surface area contributed by atoms with Crippen molar-refractivity contribution in [2.75, 3.05) is 5.73 Å². The number of nitrogens with zero attached hydrogens (tertiary/aromatic N) is 2. The molecule has 3 heterocycles. The molecular weight excluding hydrogens is 254 g/mol. The number of thiophene rings is 1. The van der Waals surface area contributed by atoms with Crippen molar-refractivity contribution in [3.05, 3.63) is 51.7 Å². The van der Waals surface area contributed by atoms with Crippen molar-refractivity contribution in [3.63, 3.8) is 0 Å². The number of nitrogen functional groups attached to an aromatic ring is 1. The molecular formula is C12H10ClN3S. The third-order valence-corrected chi connectivity index (χ3v) is 3.76. The number of nitrogens with two attached hydrogens (primary N) is 1. The Morgan fingerprint density at radius 3 is 3.06 bits per heavy atom. The maximum absolute atomic E-state index is 6.11. The van der Waals surface area contributed by atoms with Gasteiger partial charge in [0.25, 0.3) is 0 Å². The van der Waals surface area contributed by atoms with Crippen LogP contribution in [0.2, 0.25) is 5.15 Å². The van der Waals surface area contributed by atoms with E-state index in [0.29, 0.717) is 10.8 Å². The molecule has 0 aliphatic rings. The molecule has 0 fully saturated rings. The molecule has 86 valence electrons. The van der Waals surface area contributed by atoms with Gasteiger partial charge in [0.15, 0.2) is 5.15 Å². The standard InChI is InChI=1S/C12H10ClN3S/c13-12-10-6-8(14)3-4-16(10)11(15-12)7-9-2-1-5-17-9/h1-6H,7,14H2. The number of rotatable bonds is 2. The summed E-state index contributed by atoms with van der Waals surface area (Å²) < 4.78 is 1.98. The zero-order chi connectivity index (χ0) is 11.8. The van der Waals surface area contributed by atoms with E-state index in [0.717, 1.165) is 17.8 Å². The second-order valence-corrected chi connectivity index (χ2v) is 5.18. The van der Waals surface area contributed by atoms with E-state index in [1.54, 1.807) is 11.3 Å². The Labute approximate surface area is 107 Å². The Kier molecular flexibility index (Phi) is 2.53. The molecule has 0 saturated carbocycles. The lowest BCUT2D eigenvalue weighted by Gasteiger charge is -2.00. The molecule has 0 amide bonds. The van der Waals surface area contributed by atoms with Gasteiger partial charge in [0.1, 0.15) is 5.82 Å². The van der Waals surface area contributed by atoms with Crippen molar-refractivity contribution in [3.8, 4) is 0 Å². The largest absolute Gasteiger partial charge is 0.399 e. The monoisotopic (exact) mass is 263 g/mol. The molecule has 0 aliphatic heterocycles. The van der Waals surface area contributed by atoms with E-state index in [9.17, 15) is 0 Å². The second-order valence-electron chi connectivity index (χ2n) is 3.79. The normalized spacial score (nSPS) is 11.1. The molecule has 0 bridgehead atoms. The highest BCUT2D eigenvalue weighted by Gasteiger charge is 2.10. The van der Waals surface area contributed by atoms with Gasteiger partial charge < -0.3 is 10.1 Å². The highest BCUT2D eigenvalue weighted by molar-refractivity contribution is 7.09. The Bertz CT molecular complexity index is 658. The van der Waals surface area contributed by atoms with E-state index < -0.39 is 0 Å². The molecule has 17 heavy (non-hydrogen) atoms.